The van der Waals surface area contributed by atoms with E-state index in [1.165, 1.54) is 0 Å². The quantitative estimate of drug-likeness (QED) is 0.402. The zero-order valence-electron chi connectivity index (χ0n) is 18.3. The number of aromatic nitrogens is 2. The molecule has 4 aromatic rings. The van der Waals surface area contributed by atoms with Gasteiger partial charge >= 0.3 is 0 Å². The summed E-state index contributed by atoms with van der Waals surface area (Å²) < 4.78 is 16.5. The van der Waals surface area contributed by atoms with E-state index < -0.39 is 6.10 Å². The predicted octanol–water partition coefficient (Wildman–Crippen LogP) is 4.71. The van der Waals surface area contributed by atoms with Crippen LogP contribution in [-0.2, 0) is 11.3 Å². The van der Waals surface area contributed by atoms with E-state index in [-0.39, 0.29) is 12.5 Å². The van der Waals surface area contributed by atoms with Crippen molar-refractivity contribution in [2.24, 2.45) is 0 Å². The SMILES string of the molecule is CC[C@H](Oc1ccc2ccccc2c1)C(=O)N(C)Cc1nc(-c2ccc(OC)cc2)no1. The maximum absolute atomic E-state index is 13.0. The number of ether oxygens (including phenoxy) is 2. The molecule has 1 aromatic heterocycles. The molecule has 0 radical (unpaired) electrons. The molecule has 0 aliphatic rings. The minimum Gasteiger partial charge on any atom is -0.497 e. The summed E-state index contributed by atoms with van der Waals surface area (Å²) in [5.74, 6) is 2.08. The van der Waals surface area contributed by atoms with Crippen molar-refractivity contribution in [3.63, 3.8) is 0 Å². The van der Waals surface area contributed by atoms with Crippen LogP contribution < -0.4 is 9.47 Å². The first-order valence-electron chi connectivity index (χ1n) is 10.4. The van der Waals surface area contributed by atoms with Gasteiger partial charge in [-0.05, 0) is 53.6 Å². The van der Waals surface area contributed by atoms with Crippen LogP contribution >= 0.6 is 0 Å². The molecule has 7 nitrogen and oxygen atoms in total. The average molecular weight is 431 g/mol. The van der Waals surface area contributed by atoms with E-state index in [1.54, 1.807) is 19.1 Å². The topological polar surface area (TPSA) is 77.7 Å². The molecule has 0 fully saturated rings. The van der Waals surface area contributed by atoms with E-state index >= 15 is 0 Å². The molecule has 1 heterocycles. The van der Waals surface area contributed by atoms with Crippen LogP contribution in [0.15, 0.2) is 71.3 Å². The number of hydrogen-bond acceptors (Lipinski definition) is 6. The summed E-state index contributed by atoms with van der Waals surface area (Å²) in [5.41, 5.74) is 0.806. The lowest BCUT2D eigenvalue weighted by Crippen LogP contribution is -2.39. The second-order valence-electron chi connectivity index (χ2n) is 7.46. The summed E-state index contributed by atoms with van der Waals surface area (Å²) in [7, 11) is 3.31. The van der Waals surface area contributed by atoms with Crippen molar-refractivity contribution < 1.29 is 18.8 Å². The number of fused-ring (bicyclic) bond motifs is 1. The van der Waals surface area contributed by atoms with Gasteiger partial charge in [-0.25, -0.2) is 0 Å². The molecular weight excluding hydrogens is 406 g/mol. The Hall–Kier alpha value is -3.87. The summed E-state index contributed by atoms with van der Waals surface area (Å²) >= 11 is 0. The lowest BCUT2D eigenvalue weighted by Gasteiger charge is -2.22. The van der Waals surface area contributed by atoms with Gasteiger partial charge in [-0.2, -0.15) is 4.98 Å². The van der Waals surface area contributed by atoms with Gasteiger partial charge < -0.3 is 18.9 Å². The number of benzene rings is 3. The lowest BCUT2D eigenvalue weighted by molar-refractivity contribution is -0.138. The highest BCUT2D eigenvalue weighted by molar-refractivity contribution is 5.84. The Labute approximate surface area is 186 Å². The van der Waals surface area contributed by atoms with Gasteiger partial charge in [-0.15, -0.1) is 0 Å². The van der Waals surface area contributed by atoms with Crippen molar-refractivity contribution >= 4 is 16.7 Å². The van der Waals surface area contributed by atoms with Gasteiger partial charge in [-0.1, -0.05) is 42.4 Å². The Kier molecular flexibility index (Phi) is 6.35. The Morgan fingerprint density at radius 1 is 1.03 bits per heavy atom. The van der Waals surface area contributed by atoms with Crippen molar-refractivity contribution in [2.45, 2.75) is 26.0 Å². The third-order valence-electron chi connectivity index (χ3n) is 5.21. The van der Waals surface area contributed by atoms with Gasteiger partial charge in [0, 0.05) is 12.6 Å². The fraction of sp³-hybridized carbons (Fsp3) is 0.240. The van der Waals surface area contributed by atoms with E-state index in [4.69, 9.17) is 14.0 Å². The number of amides is 1. The third-order valence-corrected chi connectivity index (χ3v) is 5.21. The molecule has 32 heavy (non-hydrogen) atoms. The molecule has 4 rings (SSSR count). The Morgan fingerprint density at radius 3 is 2.47 bits per heavy atom. The van der Waals surface area contributed by atoms with Crippen LogP contribution in [0, 0.1) is 0 Å². The van der Waals surface area contributed by atoms with Gasteiger partial charge in [0.1, 0.15) is 11.5 Å². The summed E-state index contributed by atoms with van der Waals surface area (Å²) in [4.78, 5) is 18.9. The maximum Gasteiger partial charge on any atom is 0.263 e. The number of carbonyl (C=O) groups excluding carboxylic acids is 1. The van der Waals surface area contributed by atoms with E-state index in [0.29, 0.717) is 23.9 Å². The predicted molar refractivity (Wildman–Crippen MR) is 121 cm³/mol. The molecule has 0 saturated carbocycles. The van der Waals surface area contributed by atoms with Gasteiger partial charge in [0.05, 0.1) is 13.7 Å². The Balaban J connectivity index is 1.41. The lowest BCUT2D eigenvalue weighted by atomic mass is 10.1. The molecular formula is C25H25N3O4. The van der Waals surface area contributed by atoms with Crippen molar-refractivity contribution in [1.29, 1.82) is 0 Å². The zero-order chi connectivity index (χ0) is 22.5. The third kappa shape index (κ3) is 4.72. The molecule has 0 bridgehead atoms. The first-order chi connectivity index (χ1) is 15.6. The van der Waals surface area contributed by atoms with Crippen LogP contribution in [0.1, 0.15) is 19.2 Å². The first-order valence-corrected chi connectivity index (χ1v) is 10.4. The summed E-state index contributed by atoms with van der Waals surface area (Å²) in [6.07, 6.45) is -0.0677. The Morgan fingerprint density at radius 2 is 1.75 bits per heavy atom. The number of rotatable bonds is 8. The van der Waals surface area contributed by atoms with Gasteiger partial charge in [-0.3, -0.25) is 4.79 Å². The van der Waals surface area contributed by atoms with Crippen LogP contribution in [0.3, 0.4) is 0 Å². The maximum atomic E-state index is 13.0. The van der Waals surface area contributed by atoms with Crippen LogP contribution in [0.5, 0.6) is 11.5 Å². The van der Waals surface area contributed by atoms with Crippen LogP contribution in [0.4, 0.5) is 0 Å². The second-order valence-corrected chi connectivity index (χ2v) is 7.46. The zero-order valence-corrected chi connectivity index (χ0v) is 18.3. The van der Waals surface area contributed by atoms with E-state index in [2.05, 4.69) is 10.1 Å². The largest absolute Gasteiger partial charge is 0.497 e. The standard InChI is InChI=1S/C25H25N3O4/c1-4-22(31-21-14-9-17-7-5-6-8-19(17)15-21)25(29)28(2)16-23-26-24(27-32-23)18-10-12-20(30-3)13-11-18/h5-15,22H,4,16H2,1-3H3/t22-/m0/s1. The molecule has 0 unspecified atom stereocenters. The minimum atomic E-state index is -0.606. The molecule has 7 heteroatoms. The molecule has 1 atom stereocenters. The highest BCUT2D eigenvalue weighted by Crippen LogP contribution is 2.23. The normalized spacial score (nSPS) is 11.8. The second kappa shape index (κ2) is 9.51. The molecule has 0 aliphatic carbocycles. The highest BCUT2D eigenvalue weighted by atomic mass is 16.5. The van der Waals surface area contributed by atoms with Crippen molar-refractivity contribution in [3.05, 3.63) is 72.6 Å². The monoisotopic (exact) mass is 431 g/mol. The highest BCUT2D eigenvalue weighted by Gasteiger charge is 2.24. The molecule has 1 amide bonds. The van der Waals surface area contributed by atoms with E-state index in [1.807, 2.05) is 73.7 Å². The molecule has 0 aliphatic heterocycles. The van der Waals surface area contributed by atoms with Gasteiger partial charge in [0.15, 0.2) is 6.10 Å². The van der Waals surface area contributed by atoms with Crippen LogP contribution in [-0.4, -0.2) is 41.2 Å². The first kappa shape index (κ1) is 21.4. The molecule has 0 N–H and O–H groups in total. The average Bonchev–Trinajstić information content (AvgIpc) is 3.30. The minimum absolute atomic E-state index is 0.148. The summed E-state index contributed by atoms with van der Waals surface area (Å²) in [5, 5.41) is 6.21. The van der Waals surface area contributed by atoms with Gasteiger partial charge in [0.2, 0.25) is 11.7 Å². The Bertz CT molecular complexity index is 1200. The van der Waals surface area contributed by atoms with Crippen molar-refractivity contribution in [1.82, 2.24) is 15.0 Å². The fourth-order valence-corrected chi connectivity index (χ4v) is 3.42. The van der Waals surface area contributed by atoms with E-state index in [9.17, 15) is 4.79 Å². The number of likely N-dealkylation sites (N-methyl/N-ethyl adjacent to an activating group) is 1. The molecule has 0 spiro atoms. The van der Waals surface area contributed by atoms with Gasteiger partial charge in [0.25, 0.3) is 5.91 Å². The number of nitrogens with zero attached hydrogens (tertiary/aromatic N) is 3. The molecule has 0 saturated heterocycles. The molecule has 164 valence electrons. The smallest absolute Gasteiger partial charge is 0.263 e. The number of methoxy groups -OCH3 is 1. The number of carbonyl (C=O) groups is 1. The van der Waals surface area contributed by atoms with Crippen molar-refractivity contribution in [3.8, 4) is 22.9 Å². The molecule has 3 aromatic carbocycles. The summed E-state index contributed by atoms with van der Waals surface area (Å²) in [6, 6.07) is 21.2. The summed E-state index contributed by atoms with van der Waals surface area (Å²) in [6.45, 7) is 2.12. The van der Waals surface area contributed by atoms with Crippen LogP contribution in [0.2, 0.25) is 0 Å². The van der Waals surface area contributed by atoms with Crippen molar-refractivity contribution in [2.75, 3.05) is 14.2 Å². The van der Waals surface area contributed by atoms with E-state index in [0.717, 1.165) is 22.1 Å². The van der Waals surface area contributed by atoms with Crippen LogP contribution in [0.25, 0.3) is 22.2 Å². The number of hydrogen-bond donors (Lipinski definition) is 0. The fourth-order valence-electron chi connectivity index (χ4n) is 3.42.